The summed E-state index contributed by atoms with van der Waals surface area (Å²) >= 11 is 0. The lowest BCUT2D eigenvalue weighted by Crippen LogP contribution is -2.49. The molecule has 7 nitrogen and oxygen atoms in total. The molecule has 31 heavy (non-hydrogen) atoms. The molecule has 0 radical (unpaired) electrons. The van der Waals surface area contributed by atoms with Crippen LogP contribution in [0, 0.1) is 0 Å². The Balaban J connectivity index is 1.83. The minimum absolute atomic E-state index is 0.00110. The molecule has 2 N–H and O–H groups in total. The Hall–Kier alpha value is -2.54. The summed E-state index contributed by atoms with van der Waals surface area (Å²) in [4.78, 5) is 22.8. The Morgan fingerprint density at radius 3 is 2.48 bits per heavy atom. The summed E-state index contributed by atoms with van der Waals surface area (Å²) in [5, 5.41) is 6.97. The number of rotatable bonds is 10. The molecule has 1 aliphatic rings. The molecule has 1 fully saturated rings. The first-order chi connectivity index (χ1) is 14.8. The highest BCUT2D eigenvalue weighted by atomic mass is 16.2. The molecule has 0 unspecified atom stereocenters. The Kier molecular flexibility index (Phi) is 10.4. The number of benzene rings is 1. The van der Waals surface area contributed by atoms with Gasteiger partial charge in [0, 0.05) is 65.6 Å². The third-order valence-electron chi connectivity index (χ3n) is 5.45. The van der Waals surface area contributed by atoms with Crippen molar-refractivity contribution in [3.63, 3.8) is 0 Å². The Morgan fingerprint density at radius 1 is 1.19 bits per heavy atom. The molecule has 2 rings (SSSR count). The van der Waals surface area contributed by atoms with E-state index in [0.29, 0.717) is 6.04 Å². The zero-order valence-electron chi connectivity index (χ0n) is 19.7. The van der Waals surface area contributed by atoms with Gasteiger partial charge in [-0.1, -0.05) is 30.4 Å². The summed E-state index contributed by atoms with van der Waals surface area (Å²) in [7, 11) is 5.63. The highest BCUT2D eigenvalue weighted by molar-refractivity contribution is 5.84. The second-order valence-electron chi connectivity index (χ2n) is 8.64. The Morgan fingerprint density at radius 2 is 1.87 bits per heavy atom. The maximum Gasteiger partial charge on any atom is 0.243 e. The van der Waals surface area contributed by atoms with Crippen LogP contribution in [0.15, 0.2) is 47.5 Å². The molecule has 1 aromatic rings. The molecule has 172 valence electrons. The van der Waals surface area contributed by atoms with E-state index in [4.69, 9.17) is 0 Å². The van der Waals surface area contributed by atoms with E-state index in [-0.39, 0.29) is 12.5 Å². The number of guanidine groups is 1. The van der Waals surface area contributed by atoms with E-state index in [2.05, 4.69) is 70.2 Å². The van der Waals surface area contributed by atoms with Gasteiger partial charge in [0.25, 0.3) is 0 Å². The number of anilines is 1. The van der Waals surface area contributed by atoms with Gasteiger partial charge in [-0.2, -0.15) is 0 Å². The van der Waals surface area contributed by atoms with Crippen molar-refractivity contribution in [3.8, 4) is 0 Å². The fourth-order valence-corrected chi connectivity index (χ4v) is 3.59. The maximum atomic E-state index is 12.0. The van der Waals surface area contributed by atoms with E-state index in [1.54, 1.807) is 19.0 Å². The minimum atomic E-state index is 0.00110. The van der Waals surface area contributed by atoms with Gasteiger partial charge >= 0.3 is 0 Å². The number of nitrogens with one attached hydrogen (secondary N) is 2. The normalized spacial score (nSPS) is 15.4. The Labute approximate surface area is 188 Å². The molecule has 1 heterocycles. The van der Waals surface area contributed by atoms with E-state index < -0.39 is 0 Å². The van der Waals surface area contributed by atoms with Gasteiger partial charge in [-0.3, -0.25) is 9.69 Å². The average molecular weight is 429 g/mol. The van der Waals surface area contributed by atoms with Crippen molar-refractivity contribution < 1.29 is 4.79 Å². The summed E-state index contributed by atoms with van der Waals surface area (Å²) in [6.07, 6.45) is 3.10. The first-order valence-corrected chi connectivity index (χ1v) is 11.2. The van der Waals surface area contributed by atoms with Crippen LogP contribution < -0.4 is 15.5 Å². The van der Waals surface area contributed by atoms with Gasteiger partial charge in [0.2, 0.25) is 5.91 Å². The van der Waals surface area contributed by atoms with Gasteiger partial charge in [0.1, 0.15) is 6.54 Å². The molecule has 0 bridgehead atoms. The minimum Gasteiger partial charge on any atom is -0.375 e. The van der Waals surface area contributed by atoms with E-state index >= 15 is 0 Å². The fourth-order valence-electron chi connectivity index (χ4n) is 3.59. The van der Waals surface area contributed by atoms with Gasteiger partial charge in [0.15, 0.2) is 5.96 Å². The standard InChI is InChI=1S/C24H40N6O/c1-20(2)19-30-16-12-21(13-17-30)27-24(26-18-23(31)28(3)4)25-14-9-15-29(5)22-10-7-6-8-11-22/h6-8,10-11,21H,1,9,12-19H2,2-5H3,(H2,25,26,27). The summed E-state index contributed by atoms with van der Waals surface area (Å²) in [6, 6.07) is 10.8. The van der Waals surface area contributed by atoms with Gasteiger partial charge in [0.05, 0.1) is 0 Å². The molecule has 0 aliphatic carbocycles. The van der Waals surface area contributed by atoms with Crippen molar-refractivity contribution in [3.05, 3.63) is 42.5 Å². The van der Waals surface area contributed by atoms with Crippen LogP contribution >= 0.6 is 0 Å². The molecule has 0 spiro atoms. The maximum absolute atomic E-state index is 12.0. The summed E-state index contributed by atoms with van der Waals surface area (Å²) in [5.74, 6) is 0.733. The van der Waals surface area contributed by atoms with Crippen molar-refractivity contribution in [1.29, 1.82) is 0 Å². The van der Waals surface area contributed by atoms with Crippen LogP contribution in [0.2, 0.25) is 0 Å². The number of amides is 1. The van der Waals surface area contributed by atoms with E-state index in [1.165, 1.54) is 11.3 Å². The number of likely N-dealkylation sites (N-methyl/N-ethyl adjacent to an activating group) is 1. The smallest absolute Gasteiger partial charge is 0.243 e. The molecule has 1 amide bonds. The summed E-state index contributed by atoms with van der Waals surface area (Å²) in [5.41, 5.74) is 2.42. The number of likely N-dealkylation sites (tertiary alicyclic amines) is 1. The first-order valence-electron chi connectivity index (χ1n) is 11.2. The monoisotopic (exact) mass is 428 g/mol. The first kappa shape index (κ1) is 24.7. The molecular weight excluding hydrogens is 388 g/mol. The average Bonchev–Trinajstić information content (AvgIpc) is 2.75. The van der Waals surface area contributed by atoms with Crippen LogP contribution in [0.25, 0.3) is 0 Å². The number of aliphatic imine (C=N–C) groups is 1. The zero-order chi connectivity index (χ0) is 22.6. The molecule has 1 aliphatic heterocycles. The molecule has 0 saturated carbocycles. The van der Waals surface area contributed by atoms with E-state index in [1.807, 2.05) is 6.07 Å². The number of carbonyl (C=O) groups excluding carboxylic acids is 1. The Bertz CT molecular complexity index is 710. The number of piperidine rings is 1. The van der Waals surface area contributed by atoms with Gasteiger partial charge in [-0.15, -0.1) is 0 Å². The lowest BCUT2D eigenvalue weighted by Gasteiger charge is -2.33. The second-order valence-corrected chi connectivity index (χ2v) is 8.64. The molecule has 0 atom stereocenters. The van der Waals surface area contributed by atoms with Crippen molar-refractivity contribution >= 4 is 17.6 Å². The molecule has 1 aromatic carbocycles. The van der Waals surface area contributed by atoms with Crippen LogP contribution in [-0.2, 0) is 4.79 Å². The third kappa shape index (κ3) is 9.42. The number of para-hydroxylation sites is 1. The summed E-state index contributed by atoms with van der Waals surface area (Å²) < 4.78 is 0. The number of hydrogen-bond acceptors (Lipinski definition) is 4. The van der Waals surface area contributed by atoms with Crippen LogP contribution in [0.4, 0.5) is 5.69 Å². The van der Waals surface area contributed by atoms with Gasteiger partial charge in [-0.05, 0) is 38.3 Å². The topological polar surface area (TPSA) is 63.2 Å². The number of hydrogen-bond donors (Lipinski definition) is 2. The second kappa shape index (κ2) is 13.0. The van der Waals surface area contributed by atoms with E-state index in [9.17, 15) is 4.79 Å². The highest BCUT2D eigenvalue weighted by Crippen LogP contribution is 2.12. The largest absolute Gasteiger partial charge is 0.375 e. The zero-order valence-corrected chi connectivity index (χ0v) is 19.7. The van der Waals surface area contributed by atoms with Crippen LogP contribution in [0.3, 0.4) is 0 Å². The van der Waals surface area contributed by atoms with Gasteiger partial charge in [-0.25, -0.2) is 4.99 Å². The predicted molar refractivity (Wildman–Crippen MR) is 131 cm³/mol. The SMILES string of the molecule is C=C(C)CN1CCC(NC(=NCC(=O)N(C)C)NCCCN(C)c2ccccc2)CC1. The summed E-state index contributed by atoms with van der Waals surface area (Å²) in [6.45, 7) is 11.1. The lowest BCUT2D eigenvalue weighted by atomic mass is 10.0. The molecule has 1 saturated heterocycles. The van der Waals surface area contributed by atoms with Crippen molar-refractivity contribution in [2.45, 2.75) is 32.2 Å². The van der Waals surface area contributed by atoms with Crippen molar-refractivity contribution in [1.82, 2.24) is 20.4 Å². The number of nitrogens with zero attached hydrogens (tertiary/aromatic N) is 4. The van der Waals surface area contributed by atoms with Crippen LogP contribution in [0.1, 0.15) is 26.2 Å². The molecule has 7 heteroatoms. The number of carbonyl (C=O) groups is 1. The molecular formula is C24H40N6O. The fraction of sp³-hybridized carbons (Fsp3) is 0.583. The van der Waals surface area contributed by atoms with E-state index in [0.717, 1.165) is 57.9 Å². The van der Waals surface area contributed by atoms with Crippen LogP contribution in [0.5, 0.6) is 0 Å². The third-order valence-corrected chi connectivity index (χ3v) is 5.45. The van der Waals surface area contributed by atoms with Gasteiger partial charge < -0.3 is 20.4 Å². The van der Waals surface area contributed by atoms with Crippen molar-refractivity contribution in [2.75, 3.05) is 65.3 Å². The van der Waals surface area contributed by atoms with Crippen molar-refractivity contribution in [2.24, 2.45) is 4.99 Å². The quantitative estimate of drug-likeness (QED) is 0.259. The molecule has 0 aromatic heterocycles. The lowest BCUT2D eigenvalue weighted by molar-refractivity contribution is -0.127. The van der Waals surface area contributed by atoms with Crippen LogP contribution in [-0.4, -0.2) is 88.1 Å². The predicted octanol–water partition coefficient (Wildman–Crippen LogP) is 2.18. The highest BCUT2D eigenvalue weighted by Gasteiger charge is 2.20.